The van der Waals surface area contributed by atoms with Gasteiger partial charge in [0.2, 0.25) is 0 Å². The highest BCUT2D eigenvalue weighted by Gasteiger charge is 2.18. The fourth-order valence-electron chi connectivity index (χ4n) is 1.33. The minimum absolute atomic E-state index is 0.0480. The van der Waals surface area contributed by atoms with Crippen molar-refractivity contribution < 1.29 is 23.8 Å². The lowest BCUT2D eigenvalue weighted by Crippen LogP contribution is -2.24. The SMILES string of the molecule is COC(=O)C(O)Cc1cc(F)ccc1OC. The number of hydrogen-bond acceptors (Lipinski definition) is 4. The van der Waals surface area contributed by atoms with Crippen LogP contribution >= 0.6 is 0 Å². The molecule has 0 aliphatic heterocycles. The number of hydrogen-bond donors (Lipinski definition) is 1. The second kappa shape index (κ2) is 5.46. The van der Waals surface area contributed by atoms with Crippen molar-refractivity contribution in [3.8, 4) is 5.75 Å². The number of esters is 1. The summed E-state index contributed by atoms with van der Waals surface area (Å²) in [6.07, 6.45) is -1.37. The van der Waals surface area contributed by atoms with Gasteiger partial charge in [-0.25, -0.2) is 9.18 Å². The summed E-state index contributed by atoms with van der Waals surface area (Å²) < 4.78 is 22.3. The number of carbonyl (C=O) groups excluding carboxylic acids is 1. The number of methoxy groups -OCH3 is 2. The van der Waals surface area contributed by atoms with Crippen LogP contribution in [0.25, 0.3) is 0 Å². The molecule has 0 aromatic heterocycles. The monoisotopic (exact) mass is 228 g/mol. The maximum atomic E-state index is 13.0. The normalized spacial score (nSPS) is 12.0. The van der Waals surface area contributed by atoms with Gasteiger partial charge in [-0.1, -0.05) is 0 Å². The number of halogens is 1. The molecular formula is C11H13FO4. The molecule has 0 heterocycles. The number of ether oxygens (including phenoxy) is 2. The molecule has 1 N–H and O–H groups in total. The topological polar surface area (TPSA) is 55.8 Å². The molecule has 0 saturated carbocycles. The third kappa shape index (κ3) is 2.93. The van der Waals surface area contributed by atoms with Gasteiger partial charge in [-0.2, -0.15) is 0 Å². The second-order valence-corrected chi connectivity index (χ2v) is 3.20. The molecule has 0 spiro atoms. The molecule has 0 saturated heterocycles. The zero-order valence-corrected chi connectivity index (χ0v) is 9.07. The fraction of sp³-hybridized carbons (Fsp3) is 0.364. The largest absolute Gasteiger partial charge is 0.496 e. The van der Waals surface area contributed by atoms with E-state index in [1.807, 2.05) is 0 Å². The van der Waals surface area contributed by atoms with E-state index in [2.05, 4.69) is 4.74 Å². The summed E-state index contributed by atoms with van der Waals surface area (Å²) >= 11 is 0. The van der Waals surface area contributed by atoms with Crippen LogP contribution in [0.2, 0.25) is 0 Å². The van der Waals surface area contributed by atoms with E-state index in [4.69, 9.17) is 4.74 Å². The van der Waals surface area contributed by atoms with Crippen molar-refractivity contribution in [2.75, 3.05) is 14.2 Å². The number of aliphatic hydroxyl groups excluding tert-OH is 1. The van der Waals surface area contributed by atoms with Crippen LogP contribution in [0.3, 0.4) is 0 Å². The van der Waals surface area contributed by atoms with Gasteiger partial charge < -0.3 is 14.6 Å². The van der Waals surface area contributed by atoms with E-state index in [-0.39, 0.29) is 6.42 Å². The molecule has 16 heavy (non-hydrogen) atoms. The van der Waals surface area contributed by atoms with E-state index < -0.39 is 17.9 Å². The van der Waals surface area contributed by atoms with Gasteiger partial charge in [-0.3, -0.25) is 0 Å². The highest BCUT2D eigenvalue weighted by molar-refractivity contribution is 5.74. The summed E-state index contributed by atoms with van der Waals surface area (Å²) in [5, 5.41) is 9.43. The standard InChI is InChI=1S/C11H13FO4/c1-15-10-4-3-8(12)5-7(10)6-9(13)11(14)16-2/h3-5,9,13H,6H2,1-2H3. The average Bonchev–Trinajstić information content (AvgIpc) is 2.28. The zero-order valence-electron chi connectivity index (χ0n) is 9.07. The first-order valence-electron chi connectivity index (χ1n) is 4.66. The van der Waals surface area contributed by atoms with Crippen LogP contribution in [-0.2, 0) is 16.0 Å². The van der Waals surface area contributed by atoms with Crippen molar-refractivity contribution in [2.24, 2.45) is 0 Å². The molecule has 0 aliphatic carbocycles. The predicted octanol–water partition coefficient (Wildman–Crippen LogP) is 0.911. The van der Waals surface area contributed by atoms with Crippen molar-refractivity contribution in [1.82, 2.24) is 0 Å². The van der Waals surface area contributed by atoms with Crippen LogP contribution in [0.5, 0.6) is 5.75 Å². The maximum Gasteiger partial charge on any atom is 0.335 e. The number of carbonyl (C=O) groups is 1. The highest BCUT2D eigenvalue weighted by atomic mass is 19.1. The molecule has 0 aliphatic rings. The molecule has 0 radical (unpaired) electrons. The molecule has 0 amide bonds. The third-order valence-electron chi connectivity index (χ3n) is 2.13. The highest BCUT2D eigenvalue weighted by Crippen LogP contribution is 2.21. The number of aliphatic hydroxyl groups is 1. The maximum absolute atomic E-state index is 13.0. The Bertz CT molecular complexity index is 378. The molecule has 1 aromatic carbocycles. The van der Waals surface area contributed by atoms with Gasteiger partial charge in [-0.15, -0.1) is 0 Å². The van der Waals surface area contributed by atoms with Crippen LogP contribution in [0.1, 0.15) is 5.56 Å². The summed E-state index contributed by atoms with van der Waals surface area (Å²) in [5.74, 6) is -0.788. The van der Waals surface area contributed by atoms with Crippen LogP contribution in [0, 0.1) is 5.82 Å². The molecule has 88 valence electrons. The lowest BCUT2D eigenvalue weighted by atomic mass is 10.1. The Labute approximate surface area is 92.6 Å². The Kier molecular flexibility index (Phi) is 4.25. The average molecular weight is 228 g/mol. The molecule has 1 rings (SSSR count). The first-order valence-corrected chi connectivity index (χ1v) is 4.66. The Hall–Kier alpha value is -1.62. The Balaban J connectivity index is 2.86. The van der Waals surface area contributed by atoms with Crippen molar-refractivity contribution in [3.63, 3.8) is 0 Å². The first kappa shape index (κ1) is 12.4. The molecule has 4 nitrogen and oxygen atoms in total. The van der Waals surface area contributed by atoms with Crippen LogP contribution in [0.4, 0.5) is 4.39 Å². The van der Waals surface area contributed by atoms with E-state index in [1.165, 1.54) is 32.4 Å². The summed E-state index contributed by atoms with van der Waals surface area (Å²) in [5.41, 5.74) is 0.417. The Morgan fingerprint density at radius 1 is 1.50 bits per heavy atom. The van der Waals surface area contributed by atoms with E-state index >= 15 is 0 Å². The van der Waals surface area contributed by atoms with Gasteiger partial charge in [0.1, 0.15) is 11.6 Å². The molecule has 0 bridgehead atoms. The van der Waals surface area contributed by atoms with Crippen molar-refractivity contribution in [2.45, 2.75) is 12.5 Å². The predicted molar refractivity (Wildman–Crippen MR) is 54.7 cm³/mol. The summed E-state index contributed by atoms with van der Waals surface area (Å²) in [6.45, 7) is 0. The van der Waals surface area contributed by atoms with Crippen LogP contribution < -0.4 is 4.74 Å². The fourth-order valence-corrected chi connectivity index (χ4v) is 1.33. The molecule has 1 aromatic rings. The van der Waals surface area contributed by atoms with Crippen LogP contribution in [0.15, 0.2) is 18.2 Å². The van der Waals surface area contributed by atoms with Crippen molar-refractivity contribution >= 4 is 5.97 Å². The smallest absolute Gasteiger partial charge is 0.335 e. The second-order valence-electron chi connectivity index (χ2n) is 3.20. The minimum Gasteiger partial charge on any atom is -0.496 e. The van der Waals surface area contributed by atoms with Crippen LogP contribution in [-0.4, -0.2) is 31.4 Å². The minimum atomic E-state index is -1.32. The zero-order chi connectivity index (χ0) is 12.1. The van der Waals surface area contributed by atoms with Gasteiger partial charge in [0, 0.05) is 12.0 Å². The Morgan fingerprint density at radius 2 is 2.19 bits per heavy atom. The number of benzene rings is 1. The lowest BCUT2D eigenvalue weighted by Gasteiger charge is -2.11. The van der Waals surface area contributed by atoms with E-state index in [1.54, 1.807) is 0 Å². The van der Waals surface area contributed by atoms with Gasteiger partial charge in [0.25, 0.3) is 0 Å². The number of rotatable bonds is 4. The third-order valence-corrected chi connectivity index (χ3v) is 2.13. The quantitative estimate of drug-likeness (QED) is 0.778. The van der Waals surface area contributed by atoms with Gasteiger partial charge in [0.15, 0.2) is 6.10 Å². The molecule has 1 unspecified atom stereocenters. The summed E-state index contributed by atoms with van der Waals surface area (Å²) in [4.78, 5) is 11.0. The summed E-state index contributed by atoms with van der Waals surface area (Å²) in [6, 6.07) is 3.90. The van der Waals surface area contributed by atoms with E-state index in [9.17, 15) is 14.3 Å². The van der Waals surface area contributed by atoms with Gasteiger partial charge >= 0.3 is 5.97 Å². The summed E-state index contributed by atoms with van der Waals surface area (Å²) in [7, 11) is 2.61. The van der Waals surface area contributed by atoms with Crippen molar-refractivity contribution in [1.29, 1.82) is 0 Å². The van der Waals surface area contributed by atoms with Gasteiger partial charge in [0.05, 0.1) is 14.2 Å². The lowest BCUT2D eigenvalue weighted by molar-refractivity contribution is -0.150. The van der Waals surface area contributed by atoms with E-state index in [0.717, 1.165) is 0 Å². The molecule has 0 fully saturated rings. The van der Waals surface area contributed by atoms with Crippen molar-refractivity contribution in [3.05, 3.63) is 29.6 Å². The Morgan fingerprint density at radius 3 is 2.75 bits per heavy atom. The van der Waals surface area contributed by atoms with Gasteiger partial charge in [-0.05, 0) is 18.2 Å². The van der Waals surface area contributed by atoms with E-state index in [0.29, 0.717) is 11.3 Å². The molecule has 1 atom stereocenters. The molecule has 5 heteroatoms. The molecular weight excluding hydrogens is 215 g/mol. The first-order chi connectivity index (χ1) is 7.58.